The van der Waals surface area contributed by atoms with Gasteiger partial charge in [0.15, 0.2) is 12.1 Å². The van der Waals surface area contributed by atoms with Crippen LogP contribution in [0.5, 0.6) is 0 Å². The highest BCUT2D eigenvalue weighted by atomic mass is 16.5. The molecule has 0 bridgehead atoms. The molecule has 0 saturated heterocycles. The van der Waals surface area contributed by atoms with Crippen molar-refractivity contribution in [3.8, 4) is 0 Å². The van der Waals surface area contributed by atoms with E-state index < -0.39 is 0 Å². The quantitative estimate of drug-likeness (QED) is 0.672. The Kier molecular flexibility index (Phi) is 2.87. The van der Waals surface area contributed by atoms with Crippen molar-refractivity contribution in [3.05, 3.63) is 47.7 Å². The molecule has 0 N–H and O–H groups in total. The molecule has 0 radical (unpaired) electrons. The third kappa shape index (κ3) is 2.03. The summed E-state index contributed by atoms with van der Waals surface area (Å²) in [6.45, 7) is 2.46. The summed E-state index contributed by atoms with van der Waals surface area (Å²) in [7, 11) is 0. The van der Waals surface area contributed by atoms with Crippen molar-refractivity contribution in [1.82, 2.24) is 14.7 Å². The molecule has 0 unspecified atom stereocenters. The lowest BCUT2D eigenvalue weighted by atomic mass is 10.1. The molecule has 0 fully saturated rings. The molecule has 5 nitrogen and oxygen atoms in total. The summed E-state index contributed by atoms with van der Waals surface area (Å²) in [6, 6.07) is 7.63. The number of nitrogens with zero attached hydrogens (tertiary/aromatic N) is 3. The summed E-state index contributed by atoms with van der Waals surface area (Å²) in [4.78, 5) is 15.4. The van der Waals surface area contributed by atoms with Crippen LogP contribution in [0.15, 0.2) is 35.0 Å². The minimum atomic E-state index is 0.498. The number of para-hydroxylation sites is 1. The first kappa shape index (κ1) is 11.6. The van der Waals surface area contributed by atoms with E-state index in [4.69, 9.17) is 4.52 Å². The number of hydrogen-bond donors (Lipinski definition) is 0. The van der Waals surface area contributed by atoms with Crippen LogP contribution in [-0.4, -0.2) is 21.0 Å². The van der Waals surface area contributed by atoms with Gasteiger partial charge in [0.2, 0.25) is 5.89 Å². The molecule has 2 heterocycles. The lowest BCUT2D eigenvalue weighted by Gasteiger charge is -2.03. The second kappa shape index (κ2) is 4.68. The van der Waals surface area contributed by atoms with E-state index in [2.05, 4.69) is 10.1 Å². The van der Waals surface area contributed by atoms with Gasteiger partial charge in [0, 0.05) is 23.6 Å². The molecule has 5 heteroatoms. The fraction of sp³-hybridized carbons (Fsp3) is 0.214. The first-order chi connectivity index (χ1) is 9.31. The lowest BCUT2D eigenvalue weighted by Crippen LogP contribution is -2.01. The van der Waals surface area contributed by atoms with E-state index in [1.54, 1.807) is 6.07 Å². The van der Waals surface area contributed by atoms with Crippen LogP contribution in [0, 0.1) is 0 Å². The average molecular weight is 255 g/mol. The largest absolute Gasteiger partial charge is 0.339 e. The zero-order valence-electron chi connectivity index (χ0n) is 10.5. The van der Waals surface area contributed by atoms with Gasteiger partial charge in [0.25, 0.3) is 0 Å². The van der Waals surface area contributed by atoms with E-state index in [0.29, 0.717) is 23.8 Å². The van der Waals surface area contributed by atoms with Gasteiger partial charge in [-0.3, -0.25) is 4.79 Å². The molecule has 0 saturated carbocycles. The number of aryl methyl sites for hydroxylation is 1. The predicted molar refractivity (Wildman–Crippen MR) is 70.1 cm³/mol. The Morgan fingerprint density at radius 1 is 1.37 bits per heavy atom. The molecule has 19 heavy (non-hydrogen) atoms. The van der Waals surface area contributed by atoms with E-state index >= 15 is 0 Å². The van der Waals surface area contributed by atoms with Crippen LogP contribution in [0.25, 0.3) is 10.9 Å². The van der Waals surface area contributed by atoms with E-state index in [1.165, 1.54) is 0 Å². The number of aromatic nitrogens is 3. The Labute approximate surface area is 109 Å². The van der Waals surface area contributed by atoms with Crippen LogP contribution in [-0.2, 0) is 13.0 Å². The number of carbonyl (C=O) groups excluding carboxylic acids is 1. The predicted octanol–water partition coefficient (Wildman–Crippen LogP) is 2.45. The number of rotatable bonds is 4. The van der Waals surface area contributed by atoms with Crippen molar-refractivity contribution < 1.29 is 9.32 Å². The average Bonchev–Trinajstić information content (AvgIpc) is 3.06. The maximum atomic E-state index is 11.1. The van der Waals surface area contributed by atoms with Crippen LogP contribution in [0.2, 0.25) is 0 Å². The summed E-state index contributed by atoms with van der Waals surface area (Å²) >= 11 is 0. The summed E-state index contributed by atoms with van der Waals surface area (Å²) in [5.74, 6) is 1.25. The highest BCUT2D eigenvalue weighted by Crippen LogP contribution is 2.20. The number of carbonyl (C=O) groups is 1. The molecule has 0 aliphatic carbocycles. The van der Waals surface area contributed by atoms with Gasteiger partial charge in [-0.1, -0.05) is 24.2 Å². The first-order valence-electron chi connectivity index (χ1n) is 6.16. The van der Waals surface area contributed by atoms with E-state index in [-0.39, 0.29) is 0 Å². The summed E-state index contributed by atoms with van der Waals surface area (Å²) in [5, 5.41) is 4.96. The standard InChI is InChI=1S/C14H13N3O2/c1-2-13-15-12(16-19-13)8-17-7-6-10-4-3-5-11(9-18)14(10)17/h3-7,9H,2,8H2,1H3. The summed E-state index contributed by atoms with van der Waals surface area (Å²) in [6.07, 6.45) is 3.52. The molecule has 0 aliphatic heterocycles. The molecule has 1 aromatic carbocycles. The molecular weight excluding hydrogens is 242 g/mol. The molecule has 3 aromatic rings. The summed E-state index contributed by atoms with van der Waals surface area (Å²) < 4.78 is 7.05. The second-order valence-electron chi connectivity index (χ2n) is 4.30. The Morgan fingerprint density at radius 3 is 3.00 bits per heavy atom. The van der Waals surface area contributed by atoms with Gasteiger partial charge in [0.1, 0.15) is 0 Å². The smallest absolute Gasteiger partial charge is 0.226 e. The van der Waals surface area contributed by atoms with Crippen molar-refractivity contribution in [2.75, 3.05) is 0 Å². The van der Waals surface area contributed by atoms with Gasteiger partial charge in [0.05, 0.1) is 12.1 Å². The Hall–Kier alpha value is -2.43. The van der Waals surface area contributed by atoms with Crippen molar-refractivity contribution in [2.45, 2.75) is 19.9 Å². The molecule has 96 valence electrons. The topological polar surface area (TPSA) is 60.9 Å². The van der Waals surface area contributed by atoms with Crippen LogP contribution in [0.3, 0.4) is 0 Å². The number of fused-ring (bicyclic) bond motifs is 1. The van der Waals surface area contributed by atoms with Crippen LogP contribution < -0.4 is 0 Å². The Morgan fingerprint density at radius 2 is 2.26 bits per heavy atom. The Bertz CT molecular complexity index is 727. The maximum absolute atomic E-state index is 11.1. The first-order valence-corrected chi connectivity index (χ1v) is 6.16. The summed E-state index contributed by atoms with van der Waals surface area (Å²) in [5.41, 5.74) is 1.57. The van der Waals surface area contributed by atoms with Gasteiger partial charge < -0.3 is 9.09 Å². The lowest BCUT2D eigenvalue weighted by molar-refractivity contribution is 0.112. The number of aldehydes is 1. The molecule has 0 spiro atoms. The third-order valence-corrected chi connectivity index (χ3v) is 3.07. The van der Waals surface area contributed by atoms with Crippen LogP contribution >= 0.6 is 0 Å². The highest BCUT2D eigenvalue weighted by Gasteiger charge is 2.09. The van der Waals surface area contributed by atoms with Gasteiger partial charge in [-0.2, -0.15) is 4.98 Å². The molecule has 0 aliphatic rings. The van der Waals surface area contributed by atoms with E-state index in [0.717, 1.165) is 23.6 Å². The minimum absolute atomic E-state index is 0.498. The molecule has 2 aromatic heterocycles. The molecule has 3 rings (SSSR count). The third-order valence-electron chi connectivity index (χ3n) is 3.07. The van der Waals surface area contributed by atoms with Crippen molar-refractivity contribution in [2.24, 2.45) is 0 Å². The molecule has 0 amide bonds. The van der Waals surface area contributed by atoms with Crippen molar-refractivity contribution in [3.63, 3.8) is 0 Å². The van der Waals surface area contributed by atoms with Crippen molar-refractivity contribution in [1.29, 1.82) is 0 Å². The van der Waals surface area contributed by atoms with Gasteiger partial charge >= 0.3 is 0 Å². The normalized spacial score (nSPS) is 11.0. The zero-order valence-corrected chi connectivity index (χ0v) is 10.5. The SMILES string of the molecule is CCc1nc(Cn2ccc3cccc(C=O)c32)no1. The fourth-order valence-corrected chi connectivity index (χ4v) is 2.17. The van der Waals surface area contributed by atoms with E-state index in [1.807, 2.05) is 35.9 Å². The van der Waals surface area contributed by atoms with Gasteiger partial charge in [-0.05, 0) is 12.1 Å². The monoisotopic (exact) mass is 255 g/mol. The minimum Gasteiger partial charge on any atom is -0.339 e. The zero-order chi connectivity index (χ0) is 13.2. The van der Waals surface area contributed by atoms with Crippen LogP contribution in [0.1, 0.15) is 29.0 Å². The molecular formula is C14H13N3O2. The maximum Gasteiger partial charge on any atom is 0.226 e. The highest BCUT2D eigenvalue weighted by molar-refractivity contribution is 5.96. The van der Waals surface area contributed by atoms with Gasteiger partial charge in [-0.15, -0.1) is 0 Å². The fourth-order valence-electron chi connectivity index (χ4n) is 2.17. The van der Waals surface area contributed by atoms with Crippen molar-refractivity contribution >= 4 is 17.2 Å². The van der Waals surface area contributed by atoms with Crippen LogP contribution in [0.4, 0.5) is 0 Å². The van der Waals surface area contributed by atoms with Gasteiger partial charge in [-0.25, -0.2) is 0 Å². The Balaban J connectivity index is 2.03. The number of benzene rings is 1. The second-order valence-corrected chi connectivity index (χ2v) is 4.30. The molecule has 0 atom stereocenters. The van der Waals surface area contributed by atoms with E-state index in [9.17, 15) is 4.79 Å². The number of hydrogen-bond acceptors (Lipinski definition) is 4.